The van der Waals surface area contributed by atoms with Gasteiger partial charge in [0.15, 0.2) is 0 Å². The van der Waals surface area contributed by atoms with E-state index in [1.807, 2.05) is 6.07 Å². The third-order valence-corrected chi connectivity index (χ3v) is 6.07. The SMILES string of the molecule is Cc1c[c]c(-n2nccn2)c(N2CC[C@H](C)[C@H]2c2nc3cc(C)c(C)cc3[nH]2)c1. The second-order valence-electron chi connectivity index (χ2n) is 8.21. The van der Waals surface area contributed by atoms with Crippen LogP contribution < -0.4 is 4.90 Å². The molecule has 1 radical (unpaired) electrons. The summed E-state index contributed by atoms with van der Waals surface area (Å²) in [6, 6.07) is 12.1. The van der Waals surface area contributed by atoms with Gasteiger partial charge in [0.2, 0.25) is 0 Å². The Bertz CT molecular complexity index is 1130. The standard InChI is InChI=1S/C23H25N6/c1-14-5-6-20(29-24-8-9-25-29)21(11-14)28-10-7-15(2)22(28)23-26-18-12-16(3)17(4)13-19(18)27-23/h5,8-9,11-13,15,22H,7,10H2,1-4H3,(H,26,27)/t15-,22-/m0/s1. The zero-order valence-electron chi connectivity index (χ0n) is 17.3. The molecule has 0 amide bonds. The van der Waals surface area contributed by atoms with Gasteiger partial charge < -0.3 is 9.88 Å². The van der Waals surface area contributed by atoms with Crippen molar-refractivity contribution in [2.75, 3.05) is 11.4 Å². The zero-order chi connectivity index (χ0) is 20.1. The topological polar surface area (TPSA) is 62.6 Å². The van der Waals surface area contributed by atoms with Crippen molar-refractivity contribution < 1.29 is 0 Å². The minimum Gasteiger partial charge on any atom is -0.359 e. The summed E-state index contributed by atoms with van der Waals surface area (Å²) < 4.78 is 0. The highest BCUT2D eigenvalue weighted by molar-refractivity contribution is 5.77. The van der Waals surface area contributed by atoms with E-state index in [9.17, 15) is 0 Å². The first-order valence-corrected chi connectivity index (χ1v) is 10.1. The van der Waals surface area contributed by atoms with Gasteiger partial charge in [-0.3, -0.25) is 0 Å². The Morgan fingerprint density at radius 1 is 1.07 bits per heavy atom. The summed E-state index contributed by atoms with van der Waals surface area (Å²) in [5.41, 5.74) is 7.84. The molecule has 1 aliphatic heterocycles. The molecule has 0 unspecified atom stereocenters. The molecule has 6 heteroatoms. The Labute approximate surface area is 170 Å². The second kappa shape index (κ2) is 6.72. The normalized spacial score (nSPS) is 19.4. The fraction of sp³-hybridized carbons (Fsp3) is 0.348. The molecule has 1 fully saturated rings. The summed E-state index contributed by atoms with van der Waals surface area (Å²) in [6.07, 6.45) is 4.51. The van der Waals surface area contributed by atoms with E-state index in [0.717, 1.165) is 41.2 Å². The lowest BCUT2D eigenvalue weighted by Crippen LogP contribution is -2.27. The first-order valence-electron chi connectivity index (χ1n) is 10.1. The number of hydrogen-bond donors (Lipinski definition) is 1. The van der Waals surface area contributed by atoms with Crippen LogP contribution in [0.5, 0.6) is 0 Å². The van der Waals surface area contributed by atoms with E-state index >= 15 is 0 Å². The van der Waals surface area contributed by atoms with Gasteiger partial charge in [0.25, 0.3) is 0 Å². The van der Waals surface area contributed by atoms with Gasteiger partial charge in [-0.15, -0.1) is 4.80 Å². The Hall–Kier alpha value is -3.15. The number of hydrogen-bond acceptors (Lipinski definition) is 4. The van der Waals surface area contributed by atoms with Crippen LogP contribution >= 0.6 is 0 Å². The lowest BCUT2D eigenvalue weighted by atomic mass is 10.0. The maximum Gasteiger partial charge on any atom is 0.130 e. The van der Waals surface area contributed by atoms with Gasteiger partial charge in [-0.25, -0.2) is 4.98 Å². The van der Waals surface area contributed by atoms with Gasteiger partial charge in [0, 0.05) is 12.6 Å². The first-order chi connectivity index (χ1) is 14.0. The number of benzene rings is 2. The van der Waals surface area contributed by atoms with Crippen molar-refractivity contribution in [3.8, 4) is 5.69 Å². The molecule has 29 heavy (non-hydrogen) atoms. The Balaban J connectivity index is 1.62. The highest BCUT2D eigenvalue weighted by atomic mass is 15.5. The number of H-pyrrole nitrogens is 1. The molecular formula is C23H25N6. The van der Waals surface area contributed by atoms with E-state index in [1.54, 1.807) is 17.2 Å². The van der Waals surface area contributed by atoms with Crippen molar-refractivity contribution in [3.05, 3.63) is 65.2 Å². The third kappa shape index (κ3) is 2.99. The van der Waals surface area contributed by atoms with Crippen LogP contribution in [0.3, 0.4) is 0 Å². The molecule has 1 saturated heterocycles. The molecule has 5 rings (SSSR count). The smallest absolute Gasteiger partial charge is 0.130 e. The van der Waals surface area contributed by atoms with Crippen LogP contribution in [0, 0.1) is 32.8 Å². The number of fused-ring (bicyclic) bond motifs is 1. The van der Waals surface area contributed by atoms with E-state index in [2.05, 4.69) is 72.0 Å². The van der Waals surface area contributed by atoms with Gasteiger partial charge >= 0.3 is 0 Å². The molecule has 1 aliphatic rings. The average molecular weight is 385 g/mol. The highest BCUT2D eigenvalue weighted by Gasteiger charge is 2.36. The lowest BCUT2D eigenvalue weighted by molar-refractivity contribution is 0.513. The molecule has 1 N–H and O–H groups in total. The fourth-order valence-electron chi connectivity index (χ4n) is 4.36. The summed E-state index contributed by atoms with van der Waals surface area (Å²) >= 11 is 0. The molecule has 0 bridgehead atoms. The fourth-order valence-corrected chi connectivity index (χ4v) is 4.36. The summed E-state index contributed by atoms with van der Waals surface area (Å²) in [4.78, 5) is 12.7. The van der Waals surface area contributed by atoms with Gasteiger partial charge in [-0.05, 0) is 74.1 Å². The highest BCUT2D eigenvalue weighted by Crippen LogP contribution is 2.42. The number of nitrogens with zero attached hydrogens (tertiary/aromatic N) is 5. The van der Waals surface area contributed by atoms with Crippen LogP contribution in [0.15, 0.2) is 36.7 Å². The van der Waals surface area contributed by atoms with Crippen molar-refractivity contribution >= 4 is 16.7 Å². The van der Waals surface area contributed by atoms with Crippen LogP contribution in [-0.4, -0.2) is 31.5 Å². The molecule has 4 aromatic rings. The van der Waals surface area contributed by atoms with E-state index in [0.29, 0.717) is 5.92 Å². The van der Waals surface area contributed by atoms with E-state index in [1.165, 1.54) is 16.7 Å². The molecule has 6 nitrogen and oxygen atoms in total. The summed E-state index contributed by atoms with van der Waals surface area (Å²) in [5, 5.41) is 8.69. The van der Waals surface area contributed by atoms with Gasteiger partial charge in [-0.1, -0.05) is 6.92 Å². The maximum atomic E-state index is 4.99. The van der Waals surface area contributed by atoms with Crippen molar-refractivity contribution in [3.63, 3.8) is 0 Å². The summed E-state index contributed by atoms with van der Waals surface area (Å²) in [5.74, 6) is 1.51. The van der Waals surface area contributed by atoms with Gasteiger partial charge in [0.05, 0.1) is 35.2 Å². The number of aryl methyl sites for hydroxylation is 3. The van der Waals surface area contributed by atoms with E-state index in [-0.39, 0.29) is 6.04 Å². The number of aromatic nitrogens is 5. The molecule has 3 heterocycles. The summed E-state index contributed by atoms with van der Waals surface area (Å²) in [7, 11) is 0. The van der Waals surface area contributed by atoms with Crippen LogP contribution in [0.2, 0.25) is 0 Å². The van der Waals surface area contributed by atoms with Crippen molar-refractivity contribution in [1.29, 1.82) is 0 Å². The first kappa shape index (κ1) is 17.9. The van der Waals surface area contributed by atoms with Crippen LogP contribution in [0.1, 0.15) is 41.9 Å². The number of imidazole rings is 1. The average Bonchev–Trinajstić information content (AvgIpc) is 3.42. The van der Waals surface area contributed by atoms with Crippen LogP contribution in [0.25, 0.3) is 16.7 Å². The van der Waals surface area contributed by atoms with Crippen molar-refractivity contribution in [2.24, 2.45) is 5.92 Å². The minimum atomic E-state index is 0.174. The van der Waals surface area contributed by atoms with Gasteiger partial charge in [-0.2, -0.15) is 10.2 Å². The predicted octanol–water partition coefficient (Wildman–Crippen LogP) is 4.46. The third-order valence-electron chi connectivity index (χ3n) is 6.07. The number of anilines is 1. The van der Waals surface area contributed by atoms with Crippen LogP contribution in [0.4, 0.5) is 5.69 Å². The Morgan fingerprint density at radius 2 is 1.83 bits per heavy atom. The molecular weight excluding hydrogens is 360 g/mol. The predicted molar refractivity (Wildman–Crippen MR) is 114 cm³/mol. The minimum absolute atomic E-state index is 0.174. The largest absolute Gasteiger partial charge is 0.359 e. The molecule has 0 aliphatic carbocycles. The Kier molecular flexibility index (Phi) is 4.15. The van der Waals surface area contributed by atoms with E-state index < -0.39 is 0 Å². The summed E-state index contributed by atoms with van der Waals surface area (Å²) in [6.45, 7) is 9.65. The molecule has 2 aromatic carbocycles. The van der Waals surface area contributed by atoms with Crippen molar-refractivity contribution in [2.45, 2.75) is 40.2 Å². The molecule has 2 aromatic heterocycles. The molecule has 0 saturated carbocycles. The maximum absolute atomic E-state index is 4.99. The van der Waals surface area contributed by atoms with Crippen LogP contribution in [-0.2, 0) is 0 Å². The van der Waals surface area contributed by atoms with E-state index in [4.69, 9.17) is 4.98 Å². The number of aromatic amines is 1. The lowest BCUT2D eigenvalue weighted by Gasteiger charge is -2.29. The number of nitrogens with one attached hydrogen (secondary N) is 1. The monoisotopic (exact) mass is 385 g/mol. The van der Waals surface area contributed by atoms with Crippen molar-refractivity contribution in [1.82, 2.24) is 25.0 Å². The molecule has 2 atom stereocenters. The second-order valence-corrected chi connectivity index (χ2v) is 8.21. The quantitative estimate of drug-likeness (QED) is 0.566. The molecule has 0 spiro atoms. The zero-order valence-corrected chi connectivity index (χ0v) is 17.3. The molecule has 147 valence electrons. The number of rotatable bonds is 3. The van der Waals surface area contributed by atoms with Gasteiger partial charge in [0.1, 0.15) is 11.5 Å². The Morgan fingerprint density at radius 3 is 2.62 bits per heavy atom.